The molecule has 1 fully saturated rings. The molecule has 13 heteroatoms. The van der Waals surface area contributed by atoms with Gasteiger partial charge in [-0.1, -0.05) is 29.2 Å². The zero-order valence-electron chi connectivity index (χ0n) is 21.8. The first-order chi connectivity index (χ1) is 20.2. The molecule has 3 heterocycles. The highest BCUT2D eigenvalue weighted by atomic mass is 32.2. The van der Waals surface area contributed by atoms with Crippen LogP contribution in [0.2, 0.25) is 0 Å². The Bertz CT molecular complexity index is 1750. The highest BCUT2D eigenvalue weighted by Gasteiger charge is 2.56. The van der Waals surface area contributed by atoms with E-state index < -0.39 is 40.6 Å². The number of imide groups is 1. The van der Waals surface area contributed by atoms with Crippen LogP contribution in [-0.4, -0.2) is 46.8 Å². The van der Waals surface area contributed by atoms with Gasteiger partial charge in [-0.25, -0.2) is 9.29 Å². The quantitative estimate of drug-likeness (QED) is 0.211. The SMILES string of the molecule is COc1cc([C@@H]2c3sc(=O)[nH]c3S[C@H]3C(=O)N(c4ccc(F)cc4)C(=O)[C@@H]23)ccc1OCC(=O)Nc1ccc(O)cc1. The number of hydrogen-bond donors (Lipinski definition) is 3. The van der Waals surface area contributed by atoms with E-state index >= 15 is 0 Å². The van der Waals surface area contributed by atoms with E-state index in [-0.39, 0.29) is 34.4 Å². The minimum absolute atomic E-state index is 0.0721. The molecule has 6 rings (SSSR count). The fraction of sp³-hybridized carbons (Fsp3) is 0.172. The van der Waals surface area contributed by atoms with Gasteiger partial charge >= 0.3 is 4.87 Å². The molecule has 0 bridgehead atoms. The lowest BCUT2D eigenvalue weighted by Gasteiger charge is -2.30. The molecular formula is C29H22FN3O7S2. The molecule has 42 heavy (non-hydrogen) atoms. The molecule has 2 aliphatic heterocycles. The third kappa shape index (κ3) is 5.01. The zero-order chi connectivity index (χ0) is 29.5. The van der Waals surface area contributed by atoms with Crippen LogP contribution < -0.4 is 24.6 Å². The molecule has 0 saturated carbocycles. The van der Waals surface area contributed by atoms with Crippen LogP contribution in [0.1, 0.15) is 16.4 Å². The molecule has 10 nitrogen and oxygen atoms in total. The standard InChI is InChI=1S/C29H22FN3O7S2/c1-39-20-12-14(2-11-19(20)40-13-21(35)31-16-5-9-18(34)10-6-16)22-23-25(41-26-24(22)42-29(38)32-26)28(37)33(27(23)36)17-7-3-15(30)4-8-17/h2-12,22-23,25,34H,13H2,1H3,(H,31,35)(H,32,38)/t22-,23-,25+/m0/s1. The average Bonchev–Trinajstić information content (AvgIpc) is 3.47. The number of benzene rings is 3. The topological polar surface area (TPSA) is 138 Å². The number of hydrogen-bond acceptors (Lipinski definition) is 9. The number of thiazole rings is 1. The largest absolute Gasteiger partial charge is 0.508 e. The maximum atomic E-state index is 13.8. The van der Waals surface area contributed by atoms with Crippen molar-refractivity contribution < 1.29 is 33.4 Å². The van der Waals surface area contributed by atoms with E-state index in [1.165, 1.54) is 43.5 Å². The number of aromatic nitrogens is 1. The van der Waals surface area contributed by atoms with Crippen molar-refractivity contribution in [2.75, 3.05) is 23.9 Å². The van der Waals surface area contributed by atoms with Gasteiger partial charge in [-0.15, -0.1) is 0 Å². The van der Waals surface area contributed by atoms with Gasteiger partial charge in [0.05, 0.1) is 23.7 Å². The number of thioether (sulfide) groups is 1. The molecule has 3 atom stereocenters. The normalized spacial score (nSPS) is 19.3. The zero-order valence-corrected chi connectivity index (χ0v) is 23.5. The number of phenols is 1. The van der Waals surface area contributed by atoms with Crippen molar-refractivity contribution >= 4 is 52.2 Å². The Labute approximate surface area is 246 Å². The van der Waals surface area contributed by atoms with E-state index in [4.69, 9.17) is 9.47 Å². The predicted octanol–water partition coefficient (Wildman–Crippen LogP) is 4.10. The molecule has 3 amide bonds. The van der Waals surface area contributed by atoms with E-state index in [2.05, 4.69) is 10.3 Å². The molecule has 4 aromatic rings. The number of rotatable bonds is 7. The number of amides is 3. The smallest absolute Gasteiger partial charge is 0.305 e. The second-order valence-corrected chi connectivity index (χ2v) is 11.7. The number of ether oxygens (including phenoxy) is 2. The Balaban J connectivity index is 1.29. The van der Waals surface area contributed by atoms with Crippen molar-refractivity contribution in [1.29, 1.82) is 0 Å². The first-order valence-corrected chi connectivity index (χ1v) is 14.4. The summed E-state index contributed by atoms with van der Waals surface area (Å²) < 4.78 is 24.8. The lowest BCUT2D eigenvalue weighted by molar-refractivity contribution is -0.122. The highest BCUT2D eigenvalue weighted by molar-refractivity contribution is 8.00. The minimum Gasteiger partial charge on any atom is -0.508 e. The number of fused-ring (bicyclic) bond motifs is 2. The van der Waals surface area contributed by atoms with Crippen molar-refractivity contribution in [2.24, 2.45) is 5.92 Å². The van der Waals surface area contributed by atoms with Crippen molar-refractivity contribution in [3.63, 3.8) is 0 Å². The molecule has 0 unspecified atom stereocenters. The maximum Gasteiger partial charge on any atom is 0.305 e. The number of halogens is 1. The van der Waals surface area contributed by atoms with Gasteiger partial charge in [0.2, 0.25) is 11.8 Å². The van der Waals surface area contributed by atoms with E-state index in [0.29, 0.717) is 21.2 Å². The summed E-state index contributed by atoms with van der Waals surface area (Å²) in [6.07, 6.45) is 0. The summed E-state index contributed by atoms with van der Waals surface area (Å²) in [5.74, 6) is -2.68. The molecule has 0 radical (unpaired) electrons. The van der Waals surface area contributed by atoms with Crippen LogP contribution in [0.15, 0.2) is 76.6 Å². The molecule has 3 N–H and O–H groups in total. The Morgan fingerprint density at radius 2 is 1.76 bits per heavy atom. The summed E-state index contributed by atoms with van der Waals surface area (Å²) in [6, 6.07) is 16.1. The molecule has 1 saturated heterocycles. The van der Waals surface area contributed by atoms with Crippen molar-refractivity contribution in [3.05, 3.63) is 92.7 Å². The maximum absolute atomic E-state index is 13.8. The summed E-state index contributed by atoms with van der Waals surface area (Å²) in [5.41, 5.74) is 1.37. The summed E-state index contributed by atoms with van der Waals surface area (Å²) in [6.45, 7) is -0.329. The van der Waals surface area contributed by atoms with Crippen LogP contribution >= 0.6 is 23.1 Å². The number of aromatic hydroxyl groups is 1. The van der Waals surface area contributed by atoms with Gasteiger partial charge in [0.1, 0.15) is 16.8 Å². The van der Waals surface area contributed by atoms with Gasteiger partial charge in [0.15, 0.2) is 18.1 Å². The number of aromatic amines is 1. The highest BCUT2D eigenvalue weighted by Crippen LogP contribution is 2.53. The van der Waals surface area contributed by atoms with Gasteiger partial charge < -0.3 is 24.9 Å². The number of methoxy groups -OCH3 is 1. The Morgan fingerprint density at radius 1 is 1.02 bits per heavy atom. The first kappa shape index (κ1) is 27.5. The van der Waals surface area contributed by atoms with E-state index in [1.54, 1.807) is 30.3 Å². The molecule has 2 aliphatic rings. The van der Waals surface area contributed by atoms with Crippen LogP contribution in [0.5, 0.6) is 17.2 Å². The van der Waals surface area contributed by atoms with Crippen molar-refractivity contribution in [3.8, 4) is 17.2 Å². The van der Waals surface area contributed by atoms with Crippen LogP contribution in [0, 0.1) is 11.7 Å². The minimum atomic E-state index is -0.834. The Morgan fingerprint density at radius 3 is 2.48 bits per heavy atom. The third-order valence-corrected chi connectivity index (χ3v) is 9.37. The summed E-state index contributed by atoms with van der Waals surface area (Å²) in [7, 11) is 1.43. The molecule has 0 aliphatic carbocycles. The lowest BCUT2D eigenvalue weighted by Crippen LogP contribution is -2.32. The summed E-state index contributed by atoms with van der Waals surface area (Å²) in [5, 5.41) is 11.8. The molecular weight excluding hydrogens is 585 g/mol. The molecule has 3 aromatic carbocycles. The van der Waals surface area contributed by atoms with Crippen LogP contribution in [-0.2, 0) is 14.4 Å². The van der Waals surface area contributed by atoms with E-state index in [1.807, 2.05) is 0 Å². The predicted molar refractivity (Wildman–Crippen MR) is 154 cm³/mol. The van der Waals surface area contributed by atoms with Gasteiger partial charge in [0.25, 0.3) is 5.91 Å². The van der Waals surface area contributed by atoms with E-state index in [9.17, 15) is 28.7 Å². The number of nitrogens with zero attached hydrogens (tertiary/aromatic N) is 1. The number of nitrogens with one attached hydrogen (secondary N) is 2. The molecule has 214 valence electrons. The fourth-order valence-corrected chi connectivity index (χ4v) is 7.62. The average molecular weight is 608 g/mol. The van der Waals surface area contributed by atoms with Gasteiger partial charge in [-0.05, 0) is 66.2 Å². The second kappa shape index (κ2) is 11.0. The number of carbonyl (C=O) groups excluding carboxylic acids is 3. The number of carbonyl (C=O) groups is 3. The van der Waals surface area contributed by atoms with Crippen LogP contribution in [0.4, 0.5) is 15.8 Å². The van der Waals surface area contributed by atoms with Crippen molar-refractivity contribution in [2.45, 2.75) is 16.2 Å². The second-order valence-electron chi connectivity index (χ2n) is 9.53. The summed E-state index contributed by atoms with van der Waals surface area (Å²) >= 11 is 2.11. The van der Waals surface area contributed by atoms with Crippen LogP contribution in [0.25, 0.3) is 0 Å². The van der Waals surface area contributed by atoms with Gasteiger partial charge in [0, 0.05) is 16.5 Å². The number of H-pyrrole nitrogens is 1. The summed E-state index contributed by atoms with van der Waals surface area (Å²) in [4.78, 5) is 56.2. The monoisotopic (exact) mass is 607 g/mol. The third-order valence-electron chi connectivity index (χ3n) is 6.97. The van der Waals surface area contributed by atoms with Crippen molar-refractivity contribution in [1.82, 2.24) is 4.98 Å². The number of anilines is 2. The molecule has 1 aromatic heterocycles. The first-order valence-electron chi connectivity index (χ1n) is 12.7. The van der Waals surface area contributed by atoms with Gasteiger partial charge in [-0.2, -0.15) is 0 Å². The van der Waals surface area contributed by atoms with Crippen LogP contribution in [0.3, 0.4) is 0 Å². The molecule has 0 spiro atoms. The Hall–Kier alpha value is -4.62. The lowest BCUT2D eigenvalue weighted by atomic mass is 9.83. The van der Waals surface area contributed by atoms with E-state index in [0.717, 1.165) is 28.0 Å². The number of phenolic OH excluding ortho intramolecular Hbond substituents is 1. The Kier molecular flexibility index (Phi) is 7.21. The fourth-order valence-electron chi connectivity index (χ4n) is 5.10. The van der Waals surface area contributed by atoms with Gasteiger partial charge in [-0.3, -0.25) is 19.2 Å².